The Bertz CT molecular complexity index is 621. The predicted molar refractivity (Wildman–Crippen MR) is 84.0 cm³/mol. The van der Waals surface area contributed by atoms with Crippen LogP contribution in [-0.4, -0.2) is 27.5 Å². The predicted octanol–water partition coefficient (Wildman–Crippen LogP) is 2.17. The van der Waals surface area contributed by atoms with E-state index < -0.39 is 5.54 Å². The van der Waals surface area contributed by atoms with E-state index in [2.05, 4.69) is 26.3 Å². The lowest BCUT2D eigenvalue weighted by Gasteiger charge is -2.27. The van der Waals surface area contributed by atoms with Gasteiger partial charge >= 0.3 is 0 Å². The SMILES string of the molecule is CCNC1(C(N)=O)CCC(n2ccnc2-c2cccs2)C1. The van der Waals surface area contributed by atoms with Gasteiger partial charge in [-0.15, -0.1) is 11.3 Å². The van der Waals surface area contributed by atoms with Crippen molar-refractivity contribution >= 4 is 17.2 Å². The number of carbonyl (C=O) groups is 1. The van der Waals surface area contributed by atoms with Crippen LogP contribution in [-0.2, 0) is 4.79 Å². The Kier molecular flexibility index (Phi) is 3.82. The van der Waals surface area contributed by atoms with E-state index in [1.165, 1.54) is 0 Å². The maximum atomic E-state index is 11.9. The zero-order valence-corrected chi connectivity index (χ0v) is 12.9. The Morgan fingerprint density at radius 3 is 3.19 bits per heavy atom. The summed E-state index contributed by atoms with van der Waals surface area (Å²) >= 11 is 1.68. The first kappa shape index (κ1) is 14.3. The topological polar surface area (TPSA) is 72.9 Å². The highest BCUT2D eigenvalue weighted by molar-refractivity contribution is 7.13. The van der Waals surface area contributed by atoms with Gasteiger partial charge in [0.05, 0.1) is 10.4 Å². The summed E-state index contributed by atoms with van der Waals surface area (Å²) in [6.45, 7) is 2.75. The van der Waals surface area contributed by atoms with E-state index in [-0.39, 0.29) is 11.9 Å². The van der Waals surface area contributed by atoms with Crippen LogP contribution >= 0.6 is 11.3 Å². The molecule has 2 aromatic rings. The zero-order valence-electron chi connectivity index (χ0n) is 12.1. The van der Waals surface area contributed by atoms with Gasteiger partial charge in [0, 0.05) is 18.4 Å². The number of rotatable bonds is 5. The van der Waals surface area contributed by atoms with Gasteiger partial charge in [0.2, 0.25) is 5.91 Å². The van der Waals surface area contributed by atoms with Crippen molar-refractivity contribution in [1.82, 2.24) is 14.9 Å². The third-order valence-corrected chi connectivity index (χ3v) is 5.14. The van der Waals surface area contributed by atoms with E-state index in [0.717, 1.165) is 36.5 Å². The summed E-state index contributed by atoms with van der Waals surface area (Å²) < 4.78 is 2.19. The van der Waals surface area contributed by atoms with Crippen molar-refractivity contribution in [1.29, 1.82) is 0 Å². The third kappa shape index (κ3) is 2.49. The number of nitrogens with two attached hydrogens (primary N) is 1. The normalized spacial score (nSPS) is 25.3. The molecule has 21 heavy (non-hydrogen) atoms. The highest BCUT2D eigenvalue weighted by Gasteiger charge is 2.44. The van der Waals surface area contributed by atoms with Gasteiger partial charge in [-0.05, 0) is 37.3 Å². The maximum absolute atomic E-state index is 11.9. The van der Waals surface area contributed by atoms with E-state index in [0.29, 0.717) is 0 Å². The van der Waals surface area contributed by atoms with Crippen molar-refractivity contribution in [3.8, 4) is 10.7 Å². The number of primary amides is 1. The number of aromatic nitrogens is 2. The maximum Gasteiger partial charge on any atom is 0.237 e. The molecular formula is C15H20N4OS. The molecule has 2 unspecified atom stereocenters. The van der Waals surface area contributed by atoms with Crippen LogP contribution in [0.3, 0.4) is 0 Å². The second-order valence-electron chi connectivity index (χ2n) is 5.51. The molecule has 3 N–H and O–H groups in total. The van der Waals surface area contributed by atoms with Gasteiger partial charge in [-0.3, -0.25) is 4.79 Å². The van der Waals surface area contributed by atoms with Gasteiger partial charge < -0.3 is 15.6 Å². The molecular weight excluding hydrogens is 284 g/mol. The Morgan fingerprint density at radius 1 is 1.67 bits per heavy atom. The van der Waals surface area contributed by atoms with Crippen molar-refractivity contribution < 1.29 is 4.79 Å². The molecule has 0 aliphatic heterocycles. The molecule has 1 fully saturated rings. The van der Waals surface area contributed by atoms with E-state index in [1.807, 2.05) is 25.4 Å². The number of nitrogens with zero attached hydrogens (tertiary/aromatic N) is 2. The molecule has 1 aliphatic carbocycles. The Balaban J connectivity index is 1.87. The fraction of sp³-hybridized carbons (Fsp3) is 0.467. The second kappa shape index (κ2) is 5.61. The summed E-state index contributed by atoms with van der Waals surface area (Å²) in [7, 11) is 0. The molecule has 0 saturated heterocycles. The average molecular weight is 304 g/mol. The van der Waals surface area contributed by atoms with Crippen LogP contribution in [0.15, 0.2) is 29.9 Å². The van der Waals surface area contributed by atoms with Gasteiger partial charge in [-0.1, -0.05) is 13.0 Å². The molecule has 1 amide bonds. The molecule has 2 heterocycles. The molecule has 3 rings (SSSR count). The molecule has 0 spiro atoms. The minimum atomic E-state index is -0.573. The van der Waals surface area contributed by atoms with Crippen LogP contribution in [0, 0.1) is 0 Å². The first-order valence-corrected chi connectivity index (χ1v) is 8.16. The minimum absolute atomic E-state index is 0.246. The molecule has 0 radical (unpaired) electrons. The number of likely N-dealkylation sites (N-methyl/N-ethyl adjacent to an activating group) is 1. The van der Waals surface area contributed by atoms with Crippen molar-refractivity contribution in [2.75, 3.05) is 6.54 Å². The second-order valence-corrected chi connectivity index (χ2v) is 6.46. The summed E-state index contributed by atoms with van der Waals surface area (Å²) in [5, 5.41) is 5.35. The lowest BCUT2D eigenvalue weighted by molar-refractivity contribution is -0.124. The lowest BCUT2D eigenvalue weighted by atomic mass is 9.96. The van der Waals surface area contributed by atoms with E-state index >= 15 is 0 Å². The van der Waals surface area contributed by atoms with Gasteiger partial charge in [0.1, 0.15) is 5.82 Å². The van der Waals surface area contributed by atoms with Gasteiger partial charge in [0.25, 0.3) is 0 Å². The molecule has 1 saturated carbocycles. The average Bonchev–Trinajstić information content (AvgIpc) is 3.19. The highest BCUT2D eigenvalue weighted by Crippen LogP contribution is 2.40. The van der Waals surface area contributed by atoms with Gasteiger partial charge in [-0.2, -0.15) is 0 Å². The highest BCUT2D eigenvalue weighted by atomic mass is 32.1. The molecule has 1 aliphatic rings. The number of hydrogen-bond donors (Lipinski definition) is 2. The monoisotopic (exact) mass is 304 g/mol. The fourth-order valence-electron chi connectivity index (χ4n) is 3.27. The van der Waals surface area contributed by atoms with Crippen LogP contribution < -0.4 is 11.1 Å². The number of amides is 1. The molecule has 0 aromatic carbocycles. The number of thiophene rings is 1. The summed E-state index contributed by atoms with van der Waals surface area (Å²) in [5.74, 6) is 0.733. The van der Waals surface area contributed by atoms with Gasteiger partial charge in [0.15, 0.2) is 0 Å². The summed E-state index contributed by atoms with van der Waals surface area (Å²) in [6, 6.07) is 4.36. The summed E-state index contributed by atoms with van der Waals surface area (Å²) in [5.41, 5.74) is 5.07. The van der Waals surface area contributed by atoms with Crippen LogP contribution in [0.4, 0.5) is 0 Å². The Labute approximate surface area is 128 Å². The zero-order chi connectivity index (χ0) is 14.9. The molecule has 5 nitrogen and oxygen atoms in total. The third-order valence-electron chi connectivity index (χ3n) is 4.28. The summed E-state index contributed by atoms with van der Waals surface area (Å²) in [4.78, 5) is 17.5. The first-order chi connectivity index (χ1) is 10.2. The first-order valence-electron chi connectivity index (χ1n) is 7.28. The van der Waals surface area contributed by atoms with Crippen LogP contribution in [0.25, 0.3) is 10.7 Å². The van der Waals surface area contributed by atoms with Crippen LogP contribution in [0.1, 0.15) is 32.2 Å². The van der Waals surface area contributed by atoms with E-state index in [4.69, 9.17) is 5.73 Å². The summed E-state index contributed by atoms with van der Waals surface area (Å²) in [6.07, 6.45) is 6.27. The smallest absolute Gasteiger partial charge is 0.237 e. The standard InChI is InChI=1S/C15H20N4OS/c1-2-18-15(14(16)20)6-5-11(10-15)19-8-7-17-13(19)12-4-3-9-21-12/h3-4,7-9,11,18H,2,5-6,10H2,1H3,(H2,16,20). The van der Waals surface area contributed by atoms with Crippen molar-refractivity contribution in [2.45, 2.75) is 37.8 Å². The van der Waals surface area contributed by atoms with Crippen molar-refractivity contribution in [3.63, 3.8) is 0 Å². The van der Waals surface area contributed by atoms with Gasteiger partial charge in [-0.25, -0.2) is 4.98 Å². The number of hydrogen-bond acceptors (Lipinski definition) is 4. The molecule has 2 aromatic heterocycles. The van der Waals surface area contributed by atoms with E-state index in [9.17, 15) is 4.79 Å². The van der Waals surface area contributed by atoms with Crippen LogP contribution in [0.5, 0.6) is 0 Å². The largest absolute Gasteiger partial charge is 0.368 e. The van der Waals surface area contributed by atoms with Crippen molar-refractivity contribution in [2.24, 2.45) is 5.73 Å². The Morgan fingerprint density at radius 2 is 2.52 bits per heavy atom. The Hall–Kier alpha value is -1.66. The lowest BCUT2D eigenvalue weighted by Crippen LogP contribution is -2.53. The van der Waals surface area contributed by atoms with Crippen LogP contribution in [0.2, 0.25) is 0 Å². The fourth-order valence-corrected chi connectivity index (χ4v) is 4.00. The quantitative estimate of drug-likeness (QED) is 0.889. The number of carbonyl (C=O) groups excluding carboxylic acids is 1. The number of nitrogens with one attached hydrogen (secondary N) is 1. The molecule has 2 atom stereocenters. The molecule has 6 heteroatoms. The van der Waals surface area contributed by atoms with Crippen molar-refractivity contribution in [3.05, 3.63) is 29.9 Å². The number of imidazole rings is 1. The molecule has 112 valence electrons. The minimum Gasteiger partial charge on any atom is -0.368 e. The molecule has 0 bridgehead atoms. The van der Waals surface area contributed by atoms with E-state index in [1.54, 1.807) is 11.3 Å².